The van der Waals surface area contributed by atoms with Crippen molar-refractivity contribution in [2.45, 2.75) is 129 Å². The number of carboxylic acid groups (broad SMARTS) is 3. The van der Waals surface area contributed by atoms with E-state index in [1.54, 1.807) is 6.92 Å². The summed E-state index contributed by atoms with van der Waals surface area (Å²) in [5.41, 5.74) is 0. The van der Waals surface area contributed by atoms with E-state index in [1.807, 2.05) is 0 Å². The van der Waals surface area contributed by atoms with E-state index in [0.717, 1.165) is 12.8 Å². The zero-order valence-corrected chi connectivity index (χ0v) is 19.4. The van der Waals surface area contributed by atoms with Crippen LogP contribution in [0.5, 0.6) is 0 Å². The fraction of sp³-hybridized carbons (Fsp3) is 0.875. The van der Waals surface area contributed by atoms with Crippen molar-refractivity contribution >= 4 is 17.9 Å². The third-order valence-electron chi connectivity index (χ3n) is 5.26. The van der Waals surface area contributed by atoms with Gasteiger partial charge in [0.1, 0.15) is 0 Å². The number of hydrogen-bond acceptors (Lipinski definition) is 3. The molecule has 0 amide bonds. The molecule has 0 heterocycles. The molecular formula is C24H46O6. The molecule has 1 unspecified atom stereocenters. The van der Waals surface area contributed by atoms with E-state index in [1.165, 1.54) is 83.5 Å². The first-order valence-corrected chi connectivity index (χ1v) is 12.0. The molecule has 178 valence electrons. The van der Waals surface area contributed by atoms with Crippen molar-refractivity contribution in [1.29, 1.82) is 0 Å². The zero-order valence-electron chi connectivity index (χ0n) is 19.4. The maximum absolute atomic E-state index is 10.3. The van der Waals surface area contributed by atoms with Crippen molar-refractivity contribution in [3.63, 3.8) is 0 Å². The second kappa shape index (κ2) is 23.7. The lowest BCUT2D eigenvalue weighted by Crippen LogP contribution is -2.16. The van der Waals surface area contributed by atoms with E-state index in [9.17, 15) is 14.4 Å². The molecule has 0 spiro atoms. The third kappa shape index (κ3) is 26.4. The SMILES string of the molecule is CCC(CC(=O)O)C(=O)O.CCCCCCCCCCCCCCCCCC(=O)O. The molecule has 6 heteroatoms. The molecule has 0 saturated carbocycles. The van der Waals surface area contributed by atoms with Gasteiger partial charge in [-0.2, -0.15) is 0 Å². The van der Waals surface area contributed by atoms with Gasteiger partial charge in [0.2, 0.25) is 0 Å². The van der Waals surface area contributed by atoms with Gasteiger partial charge in [0, 0.05) is 6.42 Å². The highest BCUT2D eigenvalue weighted by Crippen LogP contribution is 2.13. The number of unbranched alkanes of at least 4 members (excludes halogenated alkanes) is 14. The Labute approximate surface area is 183 Å². The predicted molar refractivity (Wildman–Crippen MR) is 121 cm³/mol. The van der Waals surface area contributed by atoms with Crippen molar-refractivity contribution in [3.8, 4) is 0 Å². The van der Waals surface area contributed by atoms with Gasteiger partial charge in [0.25, 0.3) is 0 Å². The second-order valence-electron chi connectivity index (χ2n) is 8.13. The molecule has 0 saturated heterocycles. The lowest BCUT2D eigenvalue weighted by Gasteiger charge is -2.03. The molecule has 6 nitrogen and oxygen atoms in total. The van der Waals surface area contributed by atoms with E-state index >= 15 is 0 Å². The van der Waals surface area contributed by atoms with Gasteiger partial charge in [-0.1, -0.05) is 104 Å². The van der Waals surface area contributed by atoms with Crippen LogP contribution in [0.4, 0.5) is 0 Å². The van der Waals surface area contributed by atoms with Crippen LogP contribution in [0.3, 0.4) is 0 Å². The minimum atomic E-state index is -1.06. The number of hydrogen-bond donors (Lipinski definition) is 3. The van der Waals surface area contributed by atoms with E-state index in [2.05, 4.69) is 6.92 Å². The molecule has 0 aliphatic heterocycles. The molecule has 0 radical (unpaired) electrons. The summed E-state index contributed by atoms with van der Waals surface area (Å²) in [6.07, 6.45) is 20.3. The molecule has 0 aliphatic carbocycles. The van der Waals surface area contributed by atoms with Crippen LogP contribution in [0.2, 0.25) is 0 Å². The number of aliphatic carboxylic acids is 3. The lowest BCUT2D eigenvalue weighted by molar-refractivity contribution is -0.148. The fourth-order valence-corrected chi connectivity index (χ4v) is 3.26. The van der Waals surface area contributed by atoms with Gasteiger partial charge < -0.3 is 15.3 Å². The summed E-state index contributed by atoms with van der Waals surface area (Å²) in [7, 11) is 0. The van der Waals surface area contributed by atoms with Crippen molar-refractivity contribution in [1.82, 2.24) is 0 Å². The number of carbonyl (C=O) groups is 3. The summed E-state index contributed by atoms with van der Waals surface area (Å²) in [5, 5.41) is 25.1. The van der Waals surface area contributed by atoms with Crippen LogP contribution in [-0.2, 0) is 14.4 Å². The van der Waals surface area contributed by atoms with E-state index in [-0.39, 0.29) is 6.42 Å². The Morgan fingerprint density at radius 2 is 0.933 bits per heavy atom. The average Bonchev–Trinajstić information content (AvgIpc) is 2.69. The first-order chi connectivity index (χ1) is 14.3. The summed E-state index contributed by atoms with van der Waals surface area (Å²) < 4.78 is 0. The van der Waals surface area contributed by atoms with Gasteiger partial charge in [0.05, 0.1) is 12.3 Å². The Balaban J connectivity index is 0. The molecule has 0 fully saturated rings. The minimum absolute atomic E-state index is 0.286. The first kappa shape index (κ1) is 30.6. The van der Waals surface area contributed by atoms with Crippen molar-refractivity contribution < 1.29 is 29.7 Å². The topological polar surface area (TPSA) is 112 Å². The van der Waals surface area contributed by atoms with Gasteiger partial charge in [-0.15, -0.1) is 0 Å². The van der Waals surface area contributed by atoms with E-state index in [4.69, 9.17) is 15.3 Å². The Morgan fingerprint density at radius 3 is 1.17 bits per heavy atom. The molecule has 0 aromatic heterocycles. The van der Waals surface area contributed by atoms with E-state index in [0.29, 0.717) is 12.8 Å². The van der Waals surface area contributed by atoms with Gasteiger partial charge in [-0.3, -0.25) is 14.4 Å². The Hall–Kier alpha value is -1.59. The molecule has 1 atom stereocenters. The van der Waals surface area contributed by atoms with Crippen LogP contribution < -0.4 is 0 Å². The van der Waals surface area contributed by atoms with Gasteiger partial charge in [-0.05, 0) is 12.8 Å². The first-order valence-electron chi connectivity index (χ1n) is 12.0. The second-order valence-corrected chi connectivity index (χ2v) is 8.13. The Bertz CT molecular complexity index is 422. The largest absolute Gasteiger partial charge is 0.481 e. The highest BCUT2D eigenvalue weighted by molar-refractivity contribution is 5.77. The lowest BCUT2D eigenvalue weighted by atomic mass is 10.0. The molecule has 0 aromatic rings. The van der Waals surface area contributed by atoms with Gasteiger partial charge in [-0.25, -0.2) is 0 Å². The monoisotopic (exact) mass is 430 g/mol. The summed E-state index contributed by atoms with van der Waals surface area (Å²) >= 11 is 0. The standard InChI is InChI=1S/C18H36O2.C6H10O4/c1-2-3-4-5-6-7-8-9-10-11-12-13-14-15-16-17-18(19)20;1-2-4(6(9)10)3-5(7)8/h2-17H2,1H3,(H,19,20);4H,2-3H2,1H3,(H,7,8)(H,9,10). The van der Waals surface area contributed by atoms with E-state index < -0.39 is 23.8 Å². The fourth-order valence-electron chi connectivity index (χ4n) is 3.26. The van der Waals surface area contributed by atoms with Crippen molar-refractivity contribution in [2.75, 3.05) is 0 Å². The summed E-state index contributed by atoms with van der Waals surface area (Å²) in [6, 6.07) is 0. The van der Waals surface area contributed by atoms with Crippen LogP contribution >= 0.6 is 0 Å². The highest BCUT2D eigenvalue weighted by Gasteiger charge is 2.17. The van der Waals surface area contributed by atoms with Gasteiger partial charge >= 0.3 is 17.9 Å². The van der Waals surface area contributed by atoms with Gasteiger partial charge in [0.15, 0.2) is 0 Å². The van der Waals surface area contributed by atoms with Crippen LogP contribution in [0.25, 0.3) is 0 Å². The third-order valence-corrected chi connectivity index (χ3v) is 5.26. The maximum Gasteiger partial charge on any atom is 0.307 e. The number of rotatable bonds is 20. The van der Waals surface area contributed by atoms with Crippen LogP contribution in [0, 0.1) is 5.92 Å². The molecule has 3 N–H and O–H groups in total. The average molecular weight is 431 g/mol. The maximum atomic E-state index is 10.3. The Kier molecular flexibility index (Phi) is 24.2. The number of carboxylic acids is 3. The molecule has 30 heavy (non-hydrogen) atoms. The molecular weight excluding hydrogens is 384 g/mol. The zero-order chi connectivity index (χ0) is 23.0. The molecule has 0 aliphatic rings. The Morgan fingerprint density at radius 1 is 0.567 bits per heavy atom. The summed E-state index contributed by atoms with van der Waals surface area (Å²) in [5.74, 6) is -3.49. The van der Waals surface area contributed by atoms with Crippen molar-refractivity contribution in [2.24, 2.45) is 5.92 Å². The normalized spacial score (nSPS) is 11.4. The molecule has 0 aromatic carbocycles. The van der Waals surface area contributed by atoms with Crippen LogP contribution in [0.15, 0.2) is 0 Å². The molecule has 0 bridgehead atoms. The highest BCUT2D eigenvalue weighted by atomic mass is 16.4. The summed E-state index contributed by atoms with van der Waals surface area (Å²) in [6.45, 7) is 3.92. The quantitative estimate of drug-likeness (QED) is 0.181. The van der Waals surface area contributed by atoms with Crippen LogP contribution in [-0.4, -0.2) is 33.2 Å². The minimum Gasteiger partial charge on any atom is -0.481 e. The van der Waals surface area contributed by atoms with Crippen molar-refractivity contribution in [3.05, 3.63) is 0 Å². The van der Waals surface area contributed by atoms with Crippen LogP contribution in [0.1, 0.15) is 129 Å². The summed E-state index contributed by atoms with van der Waals surface area (Å²) in [4.78, 5) is 30.5. The smallest absolute Gasteiger partial charge is 0.307 e. The predicted octanol–water partition coefficient (Wildman–Crippen LogP) is 6.90. The molecule has 0 rings (SSSR count).